The third kappa shape index (κ3) is 5.99. The minimum atomic E-state index is -0.653. The van der Waals surface area contributed by atoms with E-state index in [1.165, 1.54) is 49.7 Å². The van der Waals surface area contributed by atoms with Gasteiger partial charge >= 0.3 is 5.97 Å². The van der Waals surface area contributed by atoms with Crippen molar-refractivity contribution in [2.24, 2.45) is 5.10 Å². The van der Waals surface area contributed by atoms with Crippen molar-refractivity contribution in [2.75, 3.05) is 7.11 Å². The van der Waals surface area contributed by atoms with E-state index in [4.69, 9.17) is 14.2 Å². The van der Waals surface area contributed by atoms with Crippen molar-refractivity contribution in [1.82, 2.24) is 5.43 Å². The Hall–Kier alpha value is -4.83. The highest BCUT2D eigenvalue weighted by Crippen LogP contribution is 2.28. The molecule has 1 aliphatic heterocycles. The Morgan fingerprint density at radius 2 is 1.75 bits per heavy atom. The van der Waals surface area contributed by atoms with Gasteiger partial charge < -0.3 is 14.2 Å². The van der Waals surface area contributed by atoms with Crippen LogP contribution in [0.3, 0.4) is 0 Å². The summed E-state index contributed by atoms with van der Waals surface area (Å²) in [7, 11) is 1.43. The average molecular weight is 487 g/mol. The number of carbonyl (C=O) groups excluding carboxylic acids is 2. The van der Waals surface area contributed by atoms with Gasteiger partial charge in [-0.2, -0.15) is 5.10 Å². The maximum Gasteiger partial charge on any atom is 0.336 e. The number of nitrogens with one attached hydrogen (secondary N) is 1. The minimum absolute atomic E-state index is 0.0408. The number of non-ortho nitro benzene ring substituents is 1. The van der Waals surface area contributed by atoms with Crippen LogP contribution in [-0.2, 0) is 22.7 Å². The van der Waals surface area contributed by atoms with Crippen LogP contribution in [0, 0.1) is 10.1 Å². The molecule has 0 bridgehead atoms. The summed E-state index contributed by atoms with van der Waals surface area (Å²) in [6.45, 7) is 1.04. The second-order valence-electron chi connectivity index (χ2n) is 7.69. The molecule has 3 aromatic carbocycles. The van der Waals surface area contributed by atoms with Gasteiger partial charge in [0.2, 0.25) is 0 Å². The molecular weight excluding hydrogens is 466 g/mol. The molecule has 1 amide bonds. The van der Waals surface area contributed by atoms with Crippen LogP contribution < -0.4 is 14.9 Å². The summed E-state index contributed by atoms with van der Waals surface area (Å²) < 4.78 is 16.0. The monoisotopic (exact) mass is 487 g/mol. The zero-order valence-electron chi connectivity index (χ0n) is 19.2. The zero-order valence-corrected chi connectivity index (χ0v) is 19.2. The quantitative estimate of drug-likeness (QED) is 0.127. The summed E-state index contributed by atoms with van der Waals surface area (Å²) in [5, 5.41) is 14.7. The molecule has 182 valence electrons. The third-order valence-corrected chi connectivity index (χ3v) is 5.28. The van der Waals surface area contributed by atoms with E-state index in [9.17, 15) is 19.7 Å². The molecule has 0 radical (unpaired) electrons. The maximum atomic E-state index is 12.4. The molecule has 36 heavy (non-hydrogen) atoms. The molecule has 10 heteroatoms. The van der Waals surface area contributed by atoms with Crippen LogP contribution in [0.5, 0.6) is 11.5 Å². The molecule has 0 unspecified atom stereocenters. The number of hydrogen-bond donors (Lipinski definition) is 1. The fourth-order valence-electron chi connectivity index (χ4n) is 3.41. The number of amides is 1. The van der Waals surface area contributed by atoms with Gasteiger partial charge in [0.1, 0.15) is 0 Å². The third-order valence-electron chi connectivity index (χ3n) is 5.28. The molecule has 0 saturated heterocycles. The number of nitro benzene ring substituents is 1. The number of rotatable bonds is 8. The Morgan fingerprint density at radius 3 is 2.50 bits per heavy atom. The first-order valence-electron chi connectivity index (χ1n) is 10.8. The van der Waals surface area contributed by atoms with E-state index in [1.54, 1.807) is 30.3 Å². The van der Waals surface area contributed by atoms with Gasteiger partial charge in [0.05, 0.1) is 31.5 Å². The van der Waals surface area contributed by atoms with Gasteiger partial charge in [0.15, 0.2) is 11.5 Å². The average Bonchev–Trinajstić information content (AvgIpc) is 3.36. The van der Waals surface area contributed by atoms with Gasteiger partial charge in [0.25, 0.3) is 11.6 Å². The minimum Gasteiger partial charge on any atom is -0.493 e. The van der Waals surface area contributed by atoms with Gasteiger partial charge in [-0.3, -0.25) is 14.9 Å². The van der Waals surface area contributed by atoms with Crippen LogP contribution in [0.4, 0.5) is 5.69 Å². The first kappa shape index (κ1) is 24.3. The molecule has 0 fully saturated rings. The van der Waals surface area contributed by atoms with Crippen molar-refractivity contribution in [3.63, 3.8) is 0 Å². The highest BCUT2D eigenvalue weighted by atomic mass is 16.6. The van der Waals surface area contributed by atoms with E-state index in [0.29, 0.717) is 35.7 Å². The summed E-state index contributed by atoms with van der Waals surface area (Å²) in [6, 6.07) is 15.9. The molecule has 1 heterocycles. The lowest BCUT2D eigenvalue weighted by Crippen LogP contribution is -2.17. The van der Waals surface area contributed by atoms with Crippen LogP contribution in [0.1, 0.15) is 32.6 Å². The van der Waals surface area contributed by atoms with Crippen LogP contribution >= 0.6 is 0 Å². The summed E-state index contributed by atoms with van der Waals surface area (Å²) in [6.07, 6.45) is 4.13. The van der Waals surface area contributed by atoms with E-state index in [-0.39, 0.29) is 17.3 Å². The number of nitrogens with zero attached hydrogens (tertiary/aromatic N) is 2. The van der Waals surface area contributed by atoms with Gasteiger partial charge in [-0.15, -0.1) is 0 Å². The lowest BCUT2D eigenvalue weighted by molar-refractivity contribution is -0.384. The van der Waals surface area contributed by atoms with E-state index in [0.717, 1.165) is 11.1 Å². The number of ether oxygens (including phenoxy) is 3. The van der Waals surface area contributed by atoms with Crippen molar-refractivity contribution in [1.29, 1.82) is 0 Å². The number of benzene rings is 3. The molecule has 0 atom stereocenters. The summed E-state index contributed by atoms with van der Waals surface area (Å²) in [4.78, 5) is 34.8. The van der Waals surface area contributed by atoms with Gasteiger partial charge in [0, 0.05) is 23.8 Å². The Kier molecular flexibility index (Phi) is 7.47. The number of hydrogen-bond acceptors (Lipinski definition) is 8. The second-order valence-corrected chi connectivity index (χ2v) is 7.69. The predicted molar refractivity (Wildman–Crippen MR) is 131 cm³/mol. The Bertz CT molecular complexity index is 1360. The van der Waals surface area contributed by atoms with Crippen molar-refractivity contribution < 1.29 is 28.7 Å². The zero-order chi connectivity index (χ0) is 25.5. The molecule has 1 N–H and O–H groups in total. The summed E-state index contributed by atoms with van der Waals surface area (Å²) in [5.41, 5.74) is 6.20. The van der Waals surface area contributed by atoms with Crippen molar-refractivity contribution in [2.45, 2.75) is 13.2 Å². The highest BCUT2D eigenvalue weighted by molar-refractivity contribution is 5.95. The number of methoxy groups -OCH3 is 1. The largest absolute Gasteiger partial charge is 0.493 e. The van der Waals surface area contributed by atoms with E-state index >= 15 is 0 Å². The van der Waals surface area contributed by atoms with E-state index in [1.807, 2.05) is 6.07 Å². The Morgan fingerprint density at radius 1 is 1.00 bits per heavy atom. The first-order chi connectivity index (χ1) is 17.4. The molecule has 3 aromatic rings. The Labute approximate surface area is 206 Å². The number of carbonyl (C=O) groups is 2. The Balaban J connectivity index is 1.35. The second kappa shape index (κ2) is 11.1. The molecule has 0 saturated carbocycles. The van der Waals surface area contributed by atoms with Crippen molar-refractivity contribution in [3.05, 3.63) is 105 Å². The number of hydrazone groups is 1. The van der Waals surface area contributed by atoms with Gasteiger partial charge in [-0.05, 0) is 70.8 Å². The normalized spacial score (nSPS) is 12.5. The first-order valence-corrected chi connectivity index (χ1v) is 10.8. The van der Waals surface area contributed by atoms with Crippen LogP contribution in [0.25, 0.3) is 6.08 Å². The lowest BCUT2D eigenvalue weighted by atomic mass is 10.1. The predicted octanol–water partition coefficient (Wildman–Crippen LogP) is 4.02. The van der Waals surface area contributed by atoms with Crippen LogP contribution in [0.15, 0.2) is 71.8 Å². The van der Waals surface area contributed by atoms with E-state index < -0.39 is 10.9 Å². The molecule has 1 aliphatic rings. The topological polar surface area (TPSA) is 129 Å². The van der Waals surface area contributed by atoms with Crippen LogP contribution in [-0.4, -0.2) is 30.1 Å². The molecule has 0 spiro atoms. The number of esters is 1. The number of fused-ring (bicyclic) bond motifs is 1. The smallest absolute Gasteiger partial charge is 0.336 e. The highest BCUT2D eigenvalue weighted by Gasteiger charge is 2.14. The van der Waals surface area contributed by atoms with Gasteiger partial charge in [-0.25, -0.2) is 10.2 Å². The van der Waals surface area contributed by atoms with Gasteiger partial charge in [-0.1, -0.05) is 6.07 Å². The number of nitro groups is 1. The summed E-state index contributed by atoms with van der Waals surface area (Å²) >= 11 is 0. The molecule has 0 aromatic heterocycles. The SMILES string of the molecule is COc1cc(C=NNC(=O)c2ccc3c(c2)COC3)ccc1OC(=O)/C=C/c1ccc([N+](=O)[O-])cc1. The van der Waals surface area contributed by atoms with Crippen LogP contribution in [0.2, 0.25) is 0 Å². The van der Waals surface area contributed by atoms with E-state index in [2.05, 4.69) is 10.5 Å². The van der Waals surface area contributed by atoms with Crippen molar-refractivity contribution in [3.8, 4) is 11.5 Å². The maximum absolute atomic E-state index is 12.4. The molecule has 0 aliphatic carbocycles. The summed E-state index contributed by atoms with van der Waals surface area (Å²) in [5.74, 6) is -0.517. The molecule has 4 rings (SSSR count). The fourth-order valence-corrected chi connectivity index (χ4v) is 3.41. The van der Waals surface area contributed by atoms with Crippen molar-refractivity contribution >= 4 is 29.9 Å². The lowest BCUT2D eigenvalue weighted by Gasteiger charge is -2.08. The molecular formula is C26H21N3O7. The fraction of sp³-hybridized carbons (Fsp3) is 0.115. The molecule has 10 nitrogen and oxygen atoms in total. The standard InChI is InChI=1S/C26H21N3O7/c1-34-24-12-18(14-27-28-26(31)19-6-7-20-15-35-16-21(20)13-19)4-10-23(24)36-25(30)11-5-17-2-8-22(9-3-17)29(32)33/h2-14H,15-16H2,1H3,(H,28,31)/b11-5+,27-14?.